The van der Waals surface area contributed by atoms with E-state index in [0.29, 0.717) is 18.6 Å². The third-order valence-electron chi connectivity index (χ3n) is 2.93. The average molecular weight is 264 g/mol. The largest absolute Gasteiger partial charge is 0.462 e. The summed E-state index contributed by atoms with van der Waals surface area (Å²) in [7, 11) is 0. The van der Waals surface area contributed by atoms with E-state index in [1.54, 1.807) is 12.1 Å². The Morgan fingerprint density at radius 2 is 1.50 bits per heavy atom. The molecule has 2 heteroatoms. The van der Waals surface area contributed by atoms with Gasteiger partial charge in [-0.2, -0.15) is 0 Å². The van der Waals surface area contributed by atoms with Crippen molar-refractivity contribution in [3.63, 3.8) is 0 Å². The molecule has 0 bridgehead atoms. The van der Waals surface area contributed by atoms with E-state index < -0.39 is 0 Å². The van der Waals surface area contributed by atoms with Gasteiger partial charge < -0.3 is 4.74 Å². The smallest absolute Gasteiger partial charge is 0.338 e. The first-order chi connectivity index (χ1) is 9.81. The number of esters is 1. The summed E-state index contributed by atoms with van der Waals surface area (Å²) < 4.78 is 5.25. The molecule has 2 aromatic rings. The molecule has 2 aromatic carbocycles. The van der Waals surface area contributed by atoms with Crippen LogP contribution in [0.1, 0.15) is 22.3 Å². The minimum absolute atomic E-state index is 0.304. The lowest BCUT2D eigenvalue weighted by Crippen LogP contribution is -2.06. The Kier molecular flexibility index (Phi) is 4.94. The molecule has 0 fully saturated rings. The summed E-state index contributed by atoms with van der Waals surface area (Å²) in [6.07, 6.45) is 0.603. The fourth-order valence-corrected chi connectivity index (χ4v) is 1.88. The number of hydrogen-bond acceptors (Lipinski definition) is 2. The molecular formula is C18H16O2. The van der Waals surface area contributed by atoms with Gasteiger partial charge in [0.1, 0.15) is 0 Å². The standard InChI is InChI=1S/C18H16O2/c1-2-15(16-9-5-3-6-10-16)13-14-20-18(19)17-11-7-4-8-12-17/h3-12H,1,13-14H2. The molecule has 0 spiro atoms. The van der Waals surface area contributed by atoms with Crippen molar-refractivity contribution in [2.45, 2.75) is 6.42 Å². The first-order valence-electron chi connectivity index (χ1n) is 6.48. The van der Waals surface area contributed by atoms with Gasteiger partial charge in [0.05, 0.1) is 12.2 Å². The summed E-state index contributed by atoms with van der Waals surface area (Å²) in [4.78, 5) is 11.8. The maximum absolute atomic E-state index is 11.8. The minimum atomic E-state index is -0.304. The van der Waals surface area contributed by atoms with Crippen LogP contribution < -0.4 is 0 Å². The lowest BCUT2D eigenvalue weighted by molar-refractivity contribution is 0.0514. The predicted molar refractivity (Wildman–Crippen MR) is 80.3 cm³/mol. The van der Waals surface area contributed by atoms with Crippen molar-refractivity contribution in [3.05, 3.63) is 84.1 Å². The SMILES string of the molecule is C=C=C(CCOC(=O)c1ccccc1)c1ccccc1. The fraction of sp³-hybridized carbons (Fsp3) is 0.111. The van der Waals surface area contributed by atoms with Crippen molar-refractivity contribution in [1.82, 2.24) is 0 Å². The molecule has 0 aromatic heterocycles. The Bertz CT molecular complexity index is 608. The zero-order valence-corrected chi connectivity index (χ0v) is 11.2. The van der Waals surface area contributed by atoms with Gasteiger partial charge >= 0.3 is 5.97 Å². The van der Waals surface area contributed by atoms with Crippen LogP contribution in [0.2, 0.25) is 0 Å². The second kappa shape index (κ2) is 7.13. The Hall–Kier alpha value is -2.57. The Morgan fingerprint density at radius 3 is 2.05 bits per heavy atom. The molecule has 0 saturated carbocycles. The van der Waals surface area contributed by atoms with Crippen molar-refractivity contribution in [3.8, 4) is 0 Å². The summed E-state index contributed by atoms with van der Waals surface area (Å²) in [5.41, 5.74) is 5.48. The van der Waals surface area contributed by atoms with E-state index >= 15 is 0 Å². The van der Waals surface area contributed by atoms with E-state index in [-0.39, 0.29) is 5.97 Å². The molecule has 0 atom stereocenters. The zero-order valence-electron chi connectivity index (χ0n) is 11.2. The Labute approximate surface area is 119 Å². The lowest BCUT2D eigenvalue weighted by Gasteiger charge is -2.07. The summed E-state index contributed by atoms with van der Waals surface area (Å²) in [6, 6.07) is 18.8. The number of hydrogen-bond donors (Lipinski definition) is 0. The van der Waals surface area contributed by atoms with Crippen LogP contribution in [0.3, 0.4) is 0 Å². The number of ether oxygens (including phenoxy) is 1. The molecule has 0 aliphatic rings. The second-order valence-corrected chi connectivity index (χ2v) is 4.27. The van der Waals surface area contributed by atoms with Gasteiger partial charge in [-0.3, -0.25) is 0 Å². The van der Waals surface area contributed by atoms with Crippen LogP contribution in [0.15, 0.2) is 73.0 Å². The Balaban J connectivity index is 1.90. The summed E-state index contributed by atoms with van der Waals surface area (Å²) >= 11 is 0. The fourth-order valence-electron chi connectivity index (χ4n) is 1.88. The van der Waals surface area contributed by atoms with Crippen molar-refractivity contribution in [1.29, 1.82) is 0 Å². The third-order valence-corrected chi connectivity index (χ3v) is 2.93. The first-order valence-corrected chi connectivity index (χ1v) is 6.48. The molecule has 0 amide bonds. The van der Waals surface area contributed by atoms with Crippen molar-refractivity contribution in [2.75, 3.05) is 6.61 Å². The molecule has 2 nitrogen and oxygen atoms in total. The summed E-state index contributed by atoms with van der Waals surface area (Å²) in [5, 5.41) is 0. The van der Waals surface area contributed by atoms with E-state index in [1.165, 1.54) is 0 Å². The van der Waals surface area contributed by atoms with Gasteiger partial charge in [-0.15, -0.1) is 5.73 Å². The highest BCUT2D eigenvalue weighted by Gasteiger charge is 2.07. The van der Waals surface area contributed by atoms with Gasteiger partial charge in [0.25, 0.3) is 0 Å². The normalized spacial score (nSPS) is 9.60. The Morgan fingerprint density at radius 1 is 0.950 bits per heavy atom. The quantitative estimate of drug-likeness (QED) is 0.600. The van der Waals surface area contributed by atoms with Crippen molar-refractivity contribution < 1.29 is 9.53 Å². The molecule has 0 aliphatic heterocycles. The molecule has 0 N–H and O–H groups in total. The van der Waals surface area contributed by atoms with Gasteiger partial charge in [0.15, 0.2) is 0 Å². The van der Waals surface area contributed by atoms with Crippen LogP contribution in [0.4, 0.5) is 0 Å². The molecular weight excluding hydrogens is 248 g/mol. The van der Waals surface area contributed by atoms with E-state index in [4.69, 9.17) is 4.74 Å². The maximum Gasteiger partial charge on any atom is 0.338 e. The van der Waals surface area contributed by atoms with Crippen LogP contribution in [0, 0.1) is 0 Å². The number of carbonyl (C=O) groups is 1. The molecule has 0 saturated heterocycles. The summed E-state index contributed by atoms with van der Waals surface area (Å²) in [6.45, 7) is 4.01. The number of carbonyl (C=O) groups excluding carboxylic acids is 1. The van der Waals surface area contributed by atoms with Crippen LogP contribution in [0.5, 0.6) is 0 Å². The van der Waals surface area contributed by atoms with Gasteiger partial charge in [-0.05, 0) is 17.7 Å². The highest BCUT2D eigenvalue weighted by atomic mass is 16.5. The molecule has 0 heterocycles. The number of rotatable bonds is 5. The zero-order chi connectivity index (χ0) is 14.2. The molecule has 20 heavy (non-hydrogen) atoms. The van der Waals surface area contributed by atoms with Crippen LogP contribution in [-0.4, -0.2) is 12.6 Å². The maximum atomic E-state index is 11.8. The topological polar surface area (TPSA) is 26.3 Å². The van der Waals surface area contributed by atoms with E-state index in [2.05, 4.69) is 12.3 Å². The third kappa shape index (κ3) is 3.71. The molecule has 0 aliphatic carbocycles. The van der Waals surface area contributed by atoms with E-state index in [1.807, 2.05) is 48.5 Å². The lowest BCUT2D eigenvalue weighted by atomic mass is 10.0. The van der Waals surface area contributed by atoms with Crippen LogP contribution >= 0.6 is 0 Å². The molecule has 2 rings (SSSR count). The monoisotopic (exact) mass is 264 g/mol. The van der Waals surface area contributed by atoms with Gasteiger partial charge in [-0.25, -0.2) is 4.79 Å². The first kappa shape index (κ1) is 13.9. The average Bonchev–Trinajstić information content (AvgIpc) is 2.53. The van der Waals surface area contributed by atoms with Crippen LogP contribution in [-0.2, 0) is 4.74 Å². The van der Waals surface area contributed by atoms with Crippen LogP contribution in [0.25, 0.3) is 5.57 Å². The van der Waals surface area contributed by atoms with Crippen molar-refractivity contribution >= 4 is 11.5 Å². The molecule has 0 radical (unpaired) electrons. The highest BCUT2D eigenvalue weighted by Crippen LogP contribution is 2.16. The van der Waals surface area contributed by atoms with Crippen molar-refractivity contribution in [2.24, 2.45) is 0 Å². The highest BCUT2D eigenvalue weighted by molar-refractivity contribution is 5.89. The van der Waals surface area contributed by atoms with E-state index in [9.17, 15) is 4.79 Å². The minimum Gasteiger partial charge on any atom is -0.462 e. The second-order valence-electron chi connectivity index (χ2n) is 4.27. The molecule has 100 valence electrons. The predicted octanol–water partition coefficient (Wildman–Crippen LogP) is 4.10. The summed E-state index contributed by atoms with van der Waals surface area (Å²) in [5.74, 6) is -0.304. The van der Waals surface area contributed by atoms with Gasteiger partial charge in [0, 0.05) is 12.0 Å². The molecule has 0 unspecified atom stereocenters. The number of benzene rings is 2. The van der Waals surface area contributed by atoms with Gasteiger partial charge in [-0.1, -0.05) is 55.1 Å². The van der Waals surface area contributed by atoms with E-state index in [0.717, 1.165) is 11.1 Å². The van der Waals surface area contributed by atoms with Gasteiger partial charge in [0.2, 0.25) is 0 Å².